The Hall–Kier alpha value is -2.41. The molecule has 2 rings (SSSR count). The molecule has 0 saturated heterocycles. The van der Waals surface area contributed by atoms with Crippen molar-refractivity contribution in [2.75, 3.05) is 11.4 Å². The van der Waals surface area contributed by atoms with E-state index < -0.39 is 18.4 Å². The van der Waals surface area contributed by atoms with Crippen LogP contribution in [-0.4, -0.2) is 28.1 Å². The van der Waals surface area contributed by atoms with Gasteiger partial charge in [-0.25, -0.2) is 0 Å². The number of aryl methyl sites for hydroxylation is 1. The van der Waals surface area contributed by atoms with E-state index in [1.807, 2.05) is 0 Å². The molecular weight excluding hydrogens is 292 g/mol. The molecule has 7 heteroatoms. The van der Waals surface area contributed by atoms with Gasteiger partial charge in [0.05, 0.1) is 0 Å². The summed E-state index contributed by atoms with van der Waals surface area (Å²) in [7, 11) is 0. The van der Waals surface area contributed by atoms with Crippen molar-refractivity contribution in [1.82, 2.24) is 4.57 Å². The normalized spacial score (nSPS) is 10.3. The fourth-order valence-corrected chi connectivity index (χ4v) is 2.62. The highest BCUT2D eigenvalue weighted by atomic mass is 32.1. The fraction of sp³-hybridized carbons (Fsp3) is 0.214. The molecule has 110 valence electrons. The Kier molecular flexibility index (Phi) is 4.54. The number of carboxylic acids is 1. The summed E-state index contributed by atoms with van der Waals surface area (Å²) in [6, 6.07) is 8.54. The summed E-state index contributed by atoms with van der Waals surface area (Å²) < 4.78 is 1.34. The van der Waals surface area contributed by atoms with Crippen molar-refractivity contribution in [2.45, 2.75) is 13.5 Å². The first-order chi connectivity index (χ1) is 9.99. The molecule has 1 amide bonds. The van der Waals surface area contributed by atoms with Crippen LogP contribution in [0.5, 0.6) is 0 Å². The number of carbonyl (C=O) groups excluding carboxylic acids is 1. The summed E-state index contributed by atoms with van der Waals surface area (Å²) in [6.45, 7) is 1.12. The Labute approximate surface area is 124 Å². The van der Waals surface area contributed by atoms with Crippen molar-refractivity contribution >= 4 is 28.9 Å². The van der Waals surface area contributed by atoms with Gasteiger partial charge < -0.3 is 5.11 Å². The van der Waals surface area contributed by atoms with Gasteiger partial charge in [-0.05, 0) is 19.1 Å². The number of carbonyl (C=O) groups is 2. The van der Waals surface area contributed by atoms with Gasteiger partial charge in [0.25, 0.3) is 0 Å². The molecule has 0 saturated carbocycles. The van der Waals surface area contributed by atoms with E-state index in [1.165, 1.54) is 4.57 Å². The molecule has 0 unspecified atom stereocenters. The van der Waals surface area contributed by atoms with Crippen molar-refractivity contribution in [2.24, 2.45) is 0 Å². The zero-order valence-corrected chi connectivity index (χ0v) is 12.2. The molecule has 21 heavy (non-hydrogen) atoms. The topological polar surface area (TPSA) is 79.6 Å². The van der Waals surface area contributed by atoms with Gasteiger partial charge >= 0.3 is 10.8 Å². The summed E-state index contributed by atoms with van der Waals surface area (Å²) >= 11 is 1.01. The van der Waals surface area contributed by atoms with E-state index in [0.29, 0.717) is 11.4 Å². The Morgan fingerprint density at radius 1 is 1.29 bits per heavy atom. The maximum absolute atomic E-state index is 12.4. The molecule has 0 bridgehead atoms. The molecular formula is C14H14N2O4S. The molecule has 0 aliphatic rings. The van der Waals surface area contributed by atoms with Crippen molar-refractivity contribution in [1.29, 1.82) is 0 Å². The number of thiazole rings is 1. The average molecular weight is 306 g/mol. The fourth-order valence-electron chi connectivity index (χ4n) is 1.88. The van der Waals surface area contributed by atoms with Gasteiger partial charge in [0.1, 0.15) is 13.1 Å². The van der Waals surface area contributed by atoms with Crippen molar-refractivity contribution < 1.29 is 14.7 Å². The summed E-state index contributed by atoms with van der Waals surface area (Å²) in [5.41, 5.74) is 1.17. The predicted octanol–water partition coefficient (Wildman–Crippen LogP) is 1.34. The highest BCUT2D eigenvalue weighted by Crippen LogP contribution is 2.14. The van der Waals surface area contributed by atoms with Gasteiger partial charge in [-0.15, -0.1) is 0 Å². The first-order valence-electron chi connectivity index (χ1n) is 6.21. The number of nitrogens with zero attached hydrogens (tertiary/aromatic N) is 2. The highest BCUT2D eigenvalue weighted by Gasteiger charge is 2.20. The Morgan fingerprint density at radius 3 is 2.48 bits per heavy atom. The number of amides is 1. The molecule has 0 atom stereocenters. The molecule has 1 aromatic carbocycles. The van der Waals surface area contributed by atoms with Crippen LogP contribution in [0.3, 0.4) is 0 Å². The minimum absolute atomic E-state index is 0.170. The van der Waals surface area contributed by atoms with E-state index >= 15 is 0 Å². The summed E-state index contributed by atoms with van der Waals surface area (Å²) in [6.07, 6.45) is 0. The van der Waals surface area contributed by atoms with Crippen molar-refractivity contribution in [3.63, 3.8) is 0 Å². The van der Waals surface area contributed by atoms with E-state index in [1.54, 1.807) is 42.6 Å². The molecule has 0 fully saturated rings. The van der Waals surface area contributed by atoms with E-state index in [-0.39, 0.29) is 11.4 Å². The van der Waals surface area contributed by atoms with Gasteiger partial charge in [-0.2, -0.15) is 0 Å². The number of carboxylic acid groups (broad SMARTS) is 1. The second-order valence-corrected chi connectivity index (χ2v) is 5.26. The number of hydrogen-bond donors (Lipinski definition) is 1. The van der Waals surface area contributed by atoms with Gasteiger partial charge in [-0.3, -0.25) is 23.9 Å². The van der Waals surface area contributed by atoms with Crippen molar-refractivity contribution in [3.8, 4) is 0 Å². The smallest absolute Gasteiger partial charge is 0.323 e. The number of aliphatic carboxylic acids is 1. The van der Waals surface area contributed by atoms with E-state index in [4.69, 9.17) is 5.11 Å². The minimum atomic E-state index is -1.11. The Balaban J connectivity index is 2.27. The first kappa shape index (κ1) is 15.0. The maximum Gasteiger partial charge on any atom is 0.323 e. The third kappa shape index (κ3) is 3.57. The highest BCUT2D eigenvalue weighted by molar-refractivity contribution is 7.07. The third-order valence-corrected chi connectivity index (χ3v) is 3.81. The number of aromatic nitrogens is 1. The second-order valence-electron chi connectivity index (χ2n) is 4.44. The van der Waals surface area contributed by atoms with Gasteiger partial charge in [0, 0.05) is 16.8 Å². The maximum atomic E-state index is 12.4. The number of rotatable bonds is 5. The summed E-state index contributed by atoms with van der Waals surface area (Å²) in [5.74, 6) is -1.55. The lowest BCUT2D eigenvalue weighted by molar-refractivity contribution is -0.136. The molecule has 0 aliphatic carbocycles. The van der Waals surface area contributed by atoms with Crippen LogP contribution in [0.2, 0.25) is 0 Å². The van der Waals surface area contributed by atoms with Crippen LogP contribution in [0, 0.1) is 6.92 Å². The number of hydrogen-bond acceptors (Lipinski definition) is 4. The van der Waals surface area contributed by atoms with Gasteiger partial charge in [0.2, 0.25) is 5.91 Å². The van der Waals surface area contributed by atoms with Crippen molar-refractivity contribution in [3.05, 3.63) is 51.1 Å². The lowest BCUT2D eigenvalue weighted by Crippen LogP contribution is -2.39. The predicted molar refractivity (Wildman–Crippen MR) is 79.7 cm³/mol. The zero-order chi connectivity index (χ0) is 15.4. The lowest BCUT2D eigenvalue weighted by atomic mass is 10.2. The molecule has 0 spiro atoms. The second kappa shape index (κ2) is 6.36. The first-order valence-corrected chi connectivity index (χ1v) is 7.09. The average Bonchev–Trinajstić information content (AvgIpc) is 2.77. The molecule has 6 nitrogen and oxygen atoms in total. The van der Waals surface area contributed by atoms with Crippen LogP contribution in [0.4, 0.5) is 5.69 Å². The van der Waals surface area contributed by atoms with Crippen LogP contribution < -0.4 is 9.77 Å². The van der Waals surface area contributed by atoms with Crippen LogP contribution in [0.1, 0.15) is 5.69 Å². The van der Waals surface area contributed by atoms with Gasteiger partial charge in [-0.1, -0.05) is 29.5 Å². The standard InChI is InChI=1S/C14H14N2O4S/c1-10-9-21-14(20)15(10)7-12(17)16(8-13(18)19)11-5-3-2-4-6-11/h2-6,9H,7-8H2,1H3,(H,18,19). The van der Waals surface area contributed by atoms with E-state index in [0.717, 1.165) is 16.2 Å². The quantitative estimate of drug-likeness (QED) is 0.904. The number of para-hydroxylation sites is 1. The van der Waals surface area contributed by atoms with E-state index in [9.17, 15) is 14.4 Å². The van der Waals surface area contributed by atoms with Gasteiger partial charge in [0.15, 0.2) is 0 Å². The molecule has 2 aromatic rings. The minimum Gasteiger partial charge on any atom is -0.480 e. The van der Waals surface area contributed by atoms with Crippen LogP contribution in [-0.2, 0) is 16.1 Å². The summed E-state index contributed by atoms with van der Waals surface area (Å²) in [4.78, 5) is 35.9. The molecule has 1 aromatic heterocycles. The monoisotopic (exact) mass is 306 g/mol. The number of anilines is 1. The van der Waals surface area contributed by atoms with Crippen LogP contribution in [0.25, 0.3) is 0 Å². The van der Waals surface area contributed by atoms with E-state index in [2.05, 4.69) is 0 Å². The SMILES string of the molecule is Cc1csc(=O)n1CC(=O)N(CC(=O)O)c1ccccc1. The lowest BCUT2D eigenvalue weighted by Gasteiger charge is -2.21. The number of benzene rings is 1. The molecule has 0 aliphatic heterocycles. The zero-order valence-electron chi connectivity index (χ0n) is 11.4. The van der Waals surface area contributed by atoms with Crippen LogP contribution in [0.15, 0.2) is 40.5 Å². The van der Waals surface area contributed by atoms with Crippen LogP contribution >= 0.6 is 11.3 Å². The largest absolute Gasteiger partial charge is 0.480 e. The molecule has 1 N–H and O–H groups in total. The Morgan fingerprint density at radius 2 is 1.95 bits per heavy atom. The third-order valence-electron chi connectivity index (χ3n) is 2.93. The Bertz CT molecular complexity index is 705. The summed E-state index contributed by atoms with van der Waals surface area (Å²) in [5, 5.41) is 10.6. The molecule has 1 heterocycles. The molecule has 0 radical (unpaired) electrons.